The summed E-state index contributed by atoms with van der Waals surface area (Å²) in [7, 11) is 1.82. The minimum atomic E-state index is -0.380. The quantitative estimate of drug-likeness (QED) is 0.147. The summed E-state index contributed by atoms with van der Waals surface area (Å²) in [5.74, 6) is -0.959. The van der Waals surface area contributed by atoms with Gasteiger partial charge >= 0.3 is 0 Å². The van der Waals surface area contributed by atoms with E-state index in [9.17, 15) is 19.1 Å². The van der Waals surface area contributed by atoms with Crippen LogP contribution < -0.4 is 10.6 Å². The lowest BCUT2D eigenvalue weighted by Crippen LogP contribution is -2.34. The van der Waals surface area contributed by atoms with Crippen molar-refractivity contribution < 1.29 is 19.1 Å². The Kier molecular flexibility index (Phi) is 8.59. The smallest absolute Gasteiger partial charge is 0.257 e. The molecule has 2 amide bonds. The van der Waals surface area contributed by atoms with Gasteiger partial charge in [0.05, 0.1) is 22.5 Å². The average Bonchev–Trinajstić information content (AvgIpc) is 3.42. The van der Waals surface area contributed by atoms with Crippen LogP contribution in [-0.4, -0.2) is 51.9 Å². The van der Waals surface area contributed by atoms with E-state index in [4.69, 9.17) is 0 Å². The number of para-hydroxylation sites is 2. The summed E-state index contributed by atoms with van der Waals surface area (Å²) in [5.41, 5.74) is 6.81. The Morgan fingerprint density at radius 1 is 1.04 bits per heavy atom. The van der Waals surface area contributed by atoms with Crippen molar-refractivity contribution in [3.8, 4) is 17.0 Å². The fraction of sp³-hybridized carbons (Fsp3) is 0.194. The van der Waals surface area contributed by atoms with Gasteiger partial charge in [-0.1, -0.05) is 42.5 Å². The zero-order valence-corrected chi connectivity index (χ0v) is 24.9. The maximum atomic E-state index is 13.7. The van der Waals surface area contributed by atoms with Crippen LogP contribution in [0.5, 0.6) is 5.75 Å². The molecule has 228 valence electrons. The van der Waals surface area contributed by atoms with Crippen LogP contribution in [-0.2, 0) is 12.8 Å². The Morgan fingerprint density at radius 3 is 2.58 bits per heavy atom. The van der Waals surface area contributed by atoms with Gasteiger partial charge in [-0.2, -0.15) is 0 Å². The number of phenolic OH excluding ortho intramolecular Hbond substituents is 1. The van der Waals surface area contributed by atoms with Gasteiger partial charge in [0.1, 0.15) is 11.6 Å². The molecule has 0 saturated carbocycles. The molecule has 5 aromatic rings. The van der Waals surface area contributed by atoms with Gasteiger partial charge in [-0.05, 0) is 66.9 Å². The number of anilines is 2. The Hall–Kier alpha value is -5.44. The minimum Gasteiger partial charge on any atom is -0.507 e. The summed E-state index contributed by atoms with van der Waals surface area (Å²) in [5, 5.41) is 16.5. The summed E-state index contributed by atoms with van der Waals surface area (Å²) < 4.78 is 13.7. The molecule has 0 fully saturated rings. The van der Waals surface area contributed by atoms with Gasteiger partial charge in [0.2, 0.25) is 0 Å². The molecule has 9 heteroatoms. The van der Waals surface area contributed by atoms with Crippen LogP contribution in [0.2, 0.25) is 0 Å². The third kappa shape index (κ3) is 6.57. The number of phenols is 1. The summed E-state index contributed by atoms with van der Waals surface area (Å²) in [6.07, 6.45) is 3.71. The number of rotatable bonds is 10. The van der Waals surface area contributed by atoms with E-state index in [0.717, 1.165) is 46.0 Å². The Morgan fingerprint density at radius 2 is 1.80 bits per heavy atom. The lowest BCUT2D eigenvalue weighted by molar-refractivity contribution is 0.0781. The van der Waals surface area contributed by atoms with Crippen molar-refractivity contribution in [3.63, 3.8) is 0 Å². The van der Waals surface area contributed by atoms with E-state index in [0.29, 0.717) is 31.5 Å². The van der Waals surface area contributed by atoms with E-state index in [1.54, 1.807) is 41.4 Å². The summed E-state index contributed by atoms with van der Waals surface area (Å²) in [4.78, 5) is 36.0. The maximum Gasteiger partial charge on any atom is 0.257 e. The summed E-state index contributed by atoms with van der Waals surface area (Å²) in [6, 6.07) is 26.4. The number of likely N-dealkylation sites (N-methyl/N-ethyl adjacent to an activating group) is 1. The lowest BCUT2D eigenvalue weighted by atomic mass is 9.92. The molecular weight excluding hydrogens is 569 g/mol. The first-order valence-electron chi connectivity index (χ1n) is 15.0. The van der Waals surface area contributed by atoms with Gasteiger partial charge in [0.25, 0.3) is 11.8 Å². The number of aromatic nitrogens is 2. The molecule has 3 aromatic carbocycles. The van der Waals surface area contributed by atoms with Crippen molar-refractivity contribution in [2.45, 2.75) is 25.2 Å². The number of hydrogen-bond acceptors (Lipinski definition) is 5. The number of aromatic amines is 1. The Bertz CT molecular complexity index is 1820. The average molecular weight is 604 g/mol. The molecule has 0 spiro atoms. The highest BCUT2D eigenvalue weighted by Crippen LogP contribution is 2.38. The second kappa shape index (κ2) is 13.1. The van der Waals surface area contributed by atoms with Crippen LogP contribution in [0.1, 0.15) is 50.0 Å². The molecule has 6 rings (SSSR count). The van der Waals surface area contributed by atoms with Crippen molar-refractivity contribution in [2.24, 2.45) is 0 Å². The van der Waals surface area contributed by atoms with Gasteiger partial charge < -0.3 is 25.6 Å². The van der Waals surface area contributed by atoms with Gasteiger partial charge in [-0.25, -0.2) is 4.39 Å². The van der Waals surface area contributed by atoms with Crippen molar-refractivity contribution >= 4 is 23.2 Å². The van der Waals surface area contributed by atoms with Gasteiger partial charge in [-0.3, -0.25) is 14.6 Å². The summed E-state index contributed by atoms with van der Waals surface area (Å²) in [6.45, 7) is 0.936. The van der Waals surface area contributed by atoms with Crippen molar-refractivity contribution in [1.29, 1.82) is 0 Å². The molecule has 8 nitrogen and oxygen atoms in total. The highest BCUT2D eigenvalue weighted by atomic mass is 19.1. The molecule has 45 heavy (non-hydrogen) atoms. The normalized spacial score (nSPS) is 13.3. The Balaban J connectivity index is 1.25. The molecular formula is C36H34FN5O3. The molecule has 0 aliphatic carbocycles. The highest BCUT2D eigenvalue weighted by Gasteiger charge is 2.30. The van der Waals surface area contributed by atoms with Crippen molar-refractivity contribution in [3.05, 3.63) is 131 Å². The zero-order chi connectivity index (χ0) is 31.3. The van der Waals surface area contributed by atoms with Gasteiger partial charge in [0.15, 0.2) is 0 Å². The standard InChI is InChI=1S/C36H34FN5O3/c1-42-20-18-30-32(36(42)45)34(40-27-7-3-2-4-8-27)33(41-30)24-17-19-38-28(21-24)16-13-25(23-11-14-26(37)15-12-23)22-39-35(44)29-9-5-6-10-31(29)43/h2-12,14-15,17,19,21,25,40-41,43H,13,16,18,20,22H2,1H3,(H,39,44)/t25-/m0/s1. The molecule has 1 aliphatic heterocycles. The zero-order valence-electron chi connectivity index (χ0n) is 24.9. The van der Waals surface area contributed by atoms with Crippen LogP contribution in [0.15, 0.2) is 97.2 Å². The first-order valence-corrected chi connectivity index (χ1v) is 15.0. The van der Waals surface area contributed by atoms with Gasteiger partial charge in [-0.15, -0.1) is 0 Å². The number of aromatic hydroxyl groups is 1. The third-order valence-electron chi connectivity index (χ3n) is 8.23. The van der Waals surface area contributed by atoms with E-state index in [1.165, 1.54) is 18.2 Å². The number of amides is 2. The number of hydrogen-bond donors (Lipinski definition) is 4. The Labute approximate surface area is 261 Å². The molecule has 0 bridgehead atoms. The van der Waals surface area contributed by atoms with Crippen LogP contribution >= 0.6 is 0 Å². The largest absolute Gasteiger partial charge is 0.507 e. The number of fused-ring (bicyclic) bond motifs is 1. The van der Waals surface area contributed by atoms with Crippen molar-refractivity contribution in [2.75, 3.05) is 25.5 Å². The maximum absolute atomic E-state index is 13.7. The number of nitrogens with zero attached hydrogens (tertiary/aromatic N) is 2. The first-order chi connectivity index (χ1) is 21.9. The number of pyridine rings is 1. The molecule has 1 atom stereocenters. The van der Waals surface area contributed by atoms with Crippen LogP contribution in [0.3, 0.4) is 0 Å². The van der Waals surface area contributed by atoms with E-state index in [2.05, 4.69) is 20.6 Å². The number of H-pyrrole nitrogens is 1. The molecule has 0 radical (unpaired) electrons. The second-order valence-corrected chi connectivity index (χ2v) is 11.2. The fourth-order valence-electron chi connectivity index (χ4n) is 5.75. The predicted octanol–water partition coefficient (Wildman–Crippen LogP) is 6.44. The highest BCUT2D eigenvalue weighted by molar-refractivity contribution is 6.06. The van der Waals surface area contributed by atoms with Crippen LogP contribution in [0.4, 0.5) is 15.8 Å². The lowest BCUT2D eigenvalue weighted by Gasteiger charge is -2.23. The van der Waals surface area contributed by atoms with E-state index < -0.39 is 0 Å². The van der Waals surface area contributed by atoms with E-state index >= 15 is 0 Å². The van der Waals surface area contributed by atoms with Gasteiger partial charge in [0, 0.05) is 61.3 Å². The van der Waals surface area contributed by atoms with E-state index in [-0.39, 0.29) is 34.9 Å². The number of halogens is 1. The number of carbonyl (C=O) groups excluding carboxylic acids is 2. The monoisotopic (exact) mass is 603 g/mol. The molecule has 0 unspecified atom stereocenters. The number of nitrogens with one attached hydrogen (secondary N) is 3. The minimum absolute atomic E-state index is 0.0283. The number of aryl methyl sites for hydroxylation is 1. The molecule has 2 aromatic heterocycles. The predicted molar refractivity (Wildman–Crippen MR) is 172 cm³/mol. The molecule has 0 saturated heterocycles. The SMILES string of the molecule is CN1CCc2[nH]c(-c3ccnc(CC[C@@H](CNC(=O)c4ccccc4O)c4ccc(F)cc4)c3)c(Nc3ccccc3)c2C1=O. The number of carbonyl (C=O) groups is 2. The van der Waals surface area contributed by atoms with E-state index in [1.807, 2.05) is 49.5 Å². The molecule has 3 heterocycles. The first kappa shape index (κ1) is 29.6. The number of benzene rings is 3. The summed E-state index contributed by atoms with van der Waals surface area (Å²) >= 11 is 0. The molecule has 1 aliphatic rings. The van der Waals surface area contributed by atoms with Crippen LogP contribution in [0, 0.1) is 5.82 Å². The van der Waals surface area contributed by atoms with Crippen LogP contribution in [0.25, 0.3) is 11.3 Å². The third-order valence-corrected chi connectivity index (χ3v) is 8.23. The topological polar surface area (TPSA) is 110 Å². The second-order valence-electron chi connectivity index (χ2n) is 11.2. The van der Waals surface area contributed by atoms with Crippen molar-refractivity contribution in [1.82, 2.24) is 20.2 Å². The molecule has 4 N–H and O–H groups in total. The fourth-order valence-corrected chi connectivity index (χ4v) is 5.75.